The molecule has 0 aromatic rings. The zero-order chi connectivity index (χ0) is 17.9. The second kappa shape index (κ2) is 22.0. The van der Waals surface area contributed by atoms with Gasteiger partial charge >= 0.3 is 41.5 Å². The van der Waals surface area contributed by atoms with Crippen LogP contribution < -0.4 is 0 Å². The zero-order valence-corrected chi connectivity index (χ0v) is 15.7. The summed E-state index contributed by atoms with van der Waals surface area (Å²) in [5.41, 5.74) is 0. The molecular weight excluding hydrogens is 327 g/mol. The molecular formula is C20H39NaO4. The van der Waals surface area contributed by atoms with Crippen LogP contribution in [0.5, 0.6) is 0 Å². The van der Waals surface area contributed by atoms with Crippen LogP contribution in [0.3, 0.4) is 0 Å². The van der Waals surface area contributed by atoms with Gasteiger partial charge in [0.15, 0.2) is 6.61 Å². The van der Waals surface area contributed by atoms with Crippen molar-refractivity contribution < 1.29 is 19.4 Å². The molecule has 1 N–H and O–H groups in total. The van der Waals surface area contributed by atoms with Crippen molar-refractivity contribution in [3.8, 4) is 0 Å². The molecule has 0 amide bonds. The first-order chi connectivity index (χ1) is 11.7. The van der Waals surface area contributed by atoms with Crippen LogP contribution in [-0.4, -0.2) is 53.2 Å². The summed E-state index contributed by atoms with van der Waals surface area (Å²) in [4.78, 5) is 21.4. The Bertz CT molecular complexity index is 308. The van der Waals surface area contributed by atoms with Crippen molar-refractivity contribution in [3.63, 3.8) is 0 Å². The summed E-state index contributed by atoms with van der Waals surface area (Å²) in [6.45, 7) is 1.74. The van der Waals surface area contributed by atoms with E-state index in [9.17, 15) is 9.59 Å². The second-order valence-corrected chi connectivity index (χ2v) is 6.75. The number of hydrogen-bond donors (Lipinski definition) is 1. The zero-order valence-electron chi connectivity index (χ0n) is 15.7. The van der Waals surface area contributed by atoms with Gasteiger partial charge in [0.1, 0.15) is 0 Å². The van der Waals surface area contributed by atoms with Crippen LogP contribution in [0.4, 0.5) is 0 Å². The van der Waals surface area contributed by atoms with Crippen LogP contribution >= 0.6 is 0 Å². The van der Waals surface area contributed by atoms with Crippen molar-refractivity contribution >= 4 is 41.5 Å². The van der Waals surface area contributed by atoms with Crippen molar-refractivity contribution in [1.29, 1.82) is 0 Å². The average Bonchev–Trinajstić information content (AvgIpc) is 2.56. The van der Waals surface area contributed by atoms with Gasteiger partial charge < -0.3 is 9.84 Å². The number of ether oxygens (including phenoxy) is 1. The molecule has 0 aliphatic heterocycles. The maximum absolute atomic E-state index is 11.2. The molecule has 4 nitrogen and oxygen atoms in total. The van der Waals surface area contributed by atoms with Gasteiger partial charge in [0.2, 0.25) is 0 Å². The summed E-state index contributed by atoms with van der Waals surface area (Å²) in [6.07, 6.45) is 19.7. The van der Waals surface area contributed by atoms with E-state index >= 15 is 0 Å². The fourth-order valence-corrected chi connectivity index (χ4v) is 2.86. The monoisotopic (exact) mass is 366 g/mol. The molecule has 0 saturated carbocycles. The molecule has 25 heavy (non-hydrogen) atoms. The van der Waals surface area contributed by atoms with E-state index < -0.39 is 18.5 Å². The Balaban J connectivity index is 0. The Morgan fingerprint density at radius 2 is 1.04 bits per heavy atom. The Kier molecular flexibility index (Phi) is 23.9. The molecule has 0 aromatic heterocycles. The Labute approximate surface area is 176 Å². The molecule has 5 heteroatoms. The summed E-state index contributed by atoms with van der Waals surface area (Å²) in [6, 6.07) is 0. The fraction of sp³-hybridized carbons (Fsp3) is 0.900. The third-order valence-corrected chi connectivity index (χ3v) is 4.34. The van der Waals surface area contributed by atoms with Crippen molar-refractivity contribution in [2.45, 2.75) is 110 Å². The van der Waals surface area contributed by atoms with Gasteiger partial charge in [-0.2, -0.15) is 0 Å². The normalized spacial score (nSPS) is 10.3. The van der Waals surface area contributed by atoms with Gasteiger partial charge in [-0.3, -0.25) is 4.79 Å². The topological polar surface area (TPSA) is 63.6 Å². The van der Waals surface area contributed by atoms with Gasteiger partial charge in [0.25, 0.3) is 0 Å². The number of rotatable bonds is 18. The summed E-state index contributed by atoms with van der Waals surface area (Å²) in [5, 5.41) is 8.39. The van der Waals surface area contributed by atoms with Crippen molar-refractivity contribution in [3.05, 3.63) is 0 Å². The van der Waals surface area contributed by atoms with E-state index in [2.05, 4.69) is 11.7 Å². The van der Waals surface area contributed by atoms with Gasteiger partial charge in [0, 0.05) is 6.42 Å². The number of carboxylic acids is 1. The number of esters is 1. The first kappa shape index (κ1) is 27.2. The summed E-state index contributed by atoms with van der Waals surface area (Å²) >= 11 is 0. The van der Waals surface area contributed by atoms with Crippen LogP contribution in [0, 0.1) is 0 Å². The Hall–Kier alpha value is -0.0600. The number of carbonyl (C=O) groups excluding carboxylic acids is 1. The number of unbranched alkanes of at least 4 members (excludes halogenated alkanes) is 14. The van der Waals surface area contributed by atoms with Crippen LogP contribution in [0.15, 0.2) is 0 Å². The summed E-state index contributed by atoms with van der Waals surface area (Å²) in [7, 11) is 0. The minimum atomic E-state index is -1.10. The van der Waals surface area contributed by atoms with E-state index in [1.165, 1.54) is 77.0 Å². The predicted molar refractivity (Wildman–Crippen MR) is 105 cm³/mol. The Morgan fingerprint density at radius 1 is 0.680 bits per heavy atom. The number of carboxylic acid groups (broad SMARTS) is 1. The molecule has 0 saturated heterocycles. The molecule has 0 aromatic carbocycles. The molecule has 0 unspecified atom stereocenters. The molecule has 0 aliphatic carbocycles. The molecule has 0 atom stereocenters. The predicted octanol–water partition coefficient (Wildman–Crippen LogP) is 5.23. The van der Waals surface area contributed by atoms with Gasteiger partial charge in [0.05, 0.1) is 0 Å². The number of aliphatic carboxylic acids is 1. The molecule has 0 rings (SSSR count). The number of hydrogen-bond acceptors (Lipinski definition) is 3. The van der Waals surface area contributed by atoms with Crippen LogP contribution in [-0.2, 0) is 14.3 Å². The van der Waals surface area contributed by atoms with Gasteiger partial charge in [-0.15, -0.1) is 0 Å². The SMILES string of the molecule is CCCCCCCCCCCCCCCCCC(=O)OCC(=O)O.[NaH]. The third-order valence-electron chi connectivity index (χ3n) is 4.34. The fourth-order valence-electron chi connectivity index (χ4n) is 2.86. The molecule has 0 bridgehead atoms. The average molecular weight is 367 g/mol. The molecule has 0 aliphatic rings. The van der Waals surface area contributed by atoms with Crippen LogP contribution in [0.2, 0.25) is 0 Å². The molecule has 144 valence electrons. The van der Waals surface area contributed by atoms with Crippen LogP contribution in [0.1, 0.15) is 110 Å². The number of carbonyl (C=O) groups is 2. The van der Waals surface area contributed by atoms with E-state index in [1.54, 1.807) is 0 Å². The van der Waals surface area contributed by atoms with Gasteiger partial charge in [-0.05, 0) is 6.42 Å². The summed E-state index contributed by atoms with van der Waals surface area (Å²) < 4.78 is 4.58. The quantitative estimate of drug-likeness (QED) is 0.205. The van der Waals surface area contributed by atoms with E-state index in [1.807, 2.05) is 0 Å². The standard InChI is InChI=1S/C20H38O4.Na.H/c1-2-3-4-5-6-7-8-9-10-11-12-13-14-15-16-17-20(23)24-18-19(21)22;;/h2-18H2,1H3,(H,21,22);;. The van der Waals surface area contributed by atoms with E-state index in [0.29, 0.717) is 6.42 Å². The first-order valence-electron chi connectivity index (χ1n) is 10.0. The Morgan fingerprint density at radius 3 is 1.40 bits per heavy atom. The van der Waals surface area contributed by atoms with E-state index in [-0.39, 0.29) is 29.6 Å². The second-order valence-electron chi connectivity index (χ2n) is 6.75. The van der Waals surface area contributed by atoms with Crippen molar-refractivity contribution in [1.82, 2.24) is 0 Å². The molecule has 0 radical (unpaired) electrons. The first-order valence-corrected chi connectivity index (χ1v) is 10.0. The van der Waals surface area contributed by atoms with Crippen molar-refractivity contribution in [2.75, 3.05) is 6.61 Å². The molecule has 0 spiro atoms. The molecule has 0 fully saturated rings. The summed E-state index contributed by atoms with van der Waals surface area (Å²) in [5.74, 6) is -1.49. The van der Waals surface area contributed by atoms with Crippen molar-refractivity contribution in [2.24, 2.45) is 0 Å². The van der Waals surface area contributed by atoms with Gasteiger partial charge in [-0.25, -0.2) is 4.79 Å². The maximum atomic E-state index is 11.2. The third kappa shape index (κ3) is 23.9. The minimum absolute atomic E-state index is 0. The molecule has 0 heterocycles. The van der Waals surface area contributed by atoms with Gasteiger partial charge in [-0.1, -0.05) is 96.8 Å². The van der Waals surface area contributed by atoms with E-state index in [0.717, 1.165) is 19.3 Å². The van der Waals surface area contributed by atoms with Crippen LogP contribution in [0.25, 0.3) is 0 Å². The van der Waals surface area contributed by atoms with E-state index in [4.69, 9.17) is 5.11 Å².